The molecule has 0 fully saturated rings. The first-order chi connectivity index (χ1) is 15.3. The average Bonchev–Trinajstić information content (AvgIpc) is 3.17. The zero-order valence-electron chi connectivity index (χ0n) is 19.4. The van der Waals surface area contributed by atoms with Crippen LogP contribution in [0.25, 0.3) is 42.6 Å². The first-order valence-corrected chi connectivity index (χ1v) is 11.0. The summed E-state index contributed by atoms with van der Waals surface area (Å²) in [6, 6.07) is 27.2. The second-order valence-corrected chi connectivity index (χ2v) is 9.72. The van der Waals surface area contributed by atoms with Crippen LogP contribution in [-0.2, 0) is 6.37 Å². The maximum atomic E-state index is 8.68. The van der Waals surface area contributed by atoms with Gasteiger partial charge in [-0.15, -0.1) is 11.3 Å². The van der Waals surface area contributed by atoms with Crippen LogP contribution >= 0.6 is 11.3 Å². The molecule has 0 atom stereocenters. The van der Waals surface area contributed by atoms with Gasteiger partial charge in [0.15, 0.2) is 0 Å². The molecule has 0 spiro atoms. The summed E-state index contributed by atoms with van der Waals surface area (Å²) in [6.45, 7) is 5.80. The zero-order chi connectivity index (χ0) is 22.5. The van der Waals surface area contributed by atoms with E-state index in [4.69, 9.17) is 2.74 Å². The Morgan fingerprint density at radius 2 is 1.67 bits per heavy atom. The molecular formula is C28H25NS. The number of aromatic nitrogens is 1. The average molecular weight is 410 g/mol. The van der Waals surface area contributed by atoms with Crippen LogP contribution in [0.5, 0.6) is 0 Å². The quantitative estimate of drug-likeness (QED) is 0.292. The molecule has 0 saturated carbocycles. The Bertz CT molecular complexity index is 1430. The fourth-order valence-corrected chi connectivity index (χ4v) is 5.10. The summed E-state index contributed by atoms with van der Waals surface area (Å²) in [7, 11) is 0. The van der Waals surface area contributed by atoms with Crippen molar-refractivity contribution in [3.63, 3.8) is 0 Å². The van der Waals surface area contributed by atoms with Gasteiger partial charge in [0.2, 0.25) is 0 Å². The molecule has 0 radical (unpaired) electrons. The van der Waals surface area contributed by atoms with E-state index in [1.165, 1.54) is 31.3 Å². The van der Waals surface area contributed by atoms with Crippen molar-refractivity contribution in [1.82, 2.24) is 4.98 Å². The maximum absolute atomic E-state index is 8.68. The topological polar surface area (TPSA) is 12.9 Å². The predicted molar refractivity (Wildman–Crippen MR) is 131 cm³/mol. The first kappa shape index (κ1) is 16.8. The molecule has 30 heavy (non-hydrogen) atoms. The second-order valence-electron chi connectivity index (χ2n) is 8.67. The number of nitrogens with zero attached hydrogens (tertiary/aromatic N) is 1. The Balaban J connectivity index is 1.67. The van der Waals surface area contributed by atoms with Gasteiger partial charge >= 0.3 is 0 Å². The largest absolute Gasteiger partial charge is 0.256 e. The molecule has 0 aliphatic heterocycles. The van der Waals surface area contributed by atoms with Crippen LogP contribution in [0.2, 0.25) is 0 Å². The van der Waals surface area contributed by atoms with Gasteiger partial charge in [-0.05, 0) is 52.7 Å². The van der Waals surface area contributed by atoms with Crippen LogP contribution < -0.4 is 0 Å². The van der Waals surface area contributed by atoms with Gasteiger partial charge in [0.05, 0.1) is 5.69 Å². The standard InChI is InChI=1S/C28H25NS/c1-28(2,3)18-19-14-15-29-25(16-19)23-11-7-10-22-24-17-21(20-8-5-4-6-9-20)12-13-26(24)30-27(22)23/h4-17H,18H2,1-3H3/i18D2. The summed E-state index contributed by atoms with van der Waals surface area (Å²) >= 11 is 1.77. The number of pyridine rings is 1. The van der Waals surface area contributed by atoms with E-state index in [9.17, 15) is 0 Å². The minimum Gasteiger partial charge on any atom is -0.256 e. The van der Waals surface area contributed by atoms with E-state index >= 15 is 0 Å². The Morgan fingerprint density at radius 1 is 0.833 bits per heavy atom. The van der Waals surface area contributed by atoms with Gasteiger partial charge < -0.3 is 0 Å². The highest BCUT2D eigenvalue weighted by Crippen LogP contribution is 2.41. The van der Waals surface area contributed by atoms with Crippen molar-refractivity contribution < 1.29 is 2.74 Å². The van der Waals surface area contributed by atoms with Crippen LogP contribution in [0, 0.1) is 5.41 Å². The van der Waals surface area contributed by atoms with Crippen LogP contribution in [0.3, 0.4) is 0 Å². The smallest absolute Gasteiger partial charge is 0.0719 e. The minimum absolute atomic E-state index is 0.511. The number of rotatable bonds is 3. The van der Waals surface area contributed by atoms with Gasteiger partial charge in [0.1, 0.15) is 0 Å². The number of benzene rings is 3. The highest BCUT2D eigenvalue weighted by Gasteiger charge is 2.15. The second kappa shape index (κ2) is 7.37. The van der Waals surface area contributed by atoms with E-state index < -0.39 is 11.8 Å². The molecule has 0 unspecified atom stereocenters. The third-order valence-electron chi connectivity index (χ3n) is 5.16. The molecule has 148 valence electrons. The predicted octanol–water partition coefficient (Wildman–Crippen LogP) is 8.37. The lowest BCUT2D eigenvalue weighted by Crippen LogP contribution is -2.09. The van der Waals surface area contributed by atoms with Gasteiger partial charge in [0.25, 0.3) is 0 Å². The van der Waals surface area contributed by atoms with E-state index in [0.29, 0.717) is 5.56 Å². The SMILES string of the molecule is [2H]C([2H])(c1ccnc(-c2cccc3c2sc2ccc(-c4ccccc4)cc23)c1)C(C)(C)C. The van der Waals surface area contributed by atoms with Crippen molar-refractivity contribution in [1.29, 1.82) is 0 Å². The van der Waals surface area contributed by atoms with Crippen molar-refractivity contribution >= 4 is 31.5 Å². The van der Waals surface area contributed by atoms with E-state index in [0.717, 1.165) is 11.3 Å². The van der Waals surface area contributed by atoms with Gasteiger partial charge in [0, 0.05) is 34.7 Å². The Morgan fingerprint density at radius 3 is 2.47 bits per heavy atom. The lowest BCUT2D eigenvalue weighted by atomic mass is 9.88. The molecule has 2 aromatic heterocycles. The van der Waals surface area contributed by atoms with Crippen molar-refractivity contribution in [3.05, 3.63) is 90.6 Å². The normalized spacial score (nSPS) is 13.4. The highest BCUT2D eigenvalue weighted by atomic mass is 32.1. The summed E-state index contributed by atoms with van der Waals surface area (Å²) < 4.78 is 19.8. The van der Waals surface area contributed by atoms with Crippen molar-refractivity contribution in [2.75, 3.05) is 0 Å². The molecule has 5 aromatic rings. The van der Waals surface area contributed by atoms with E-state index in [-0.39, 0.29) is 0 Å². The Kier molecular flexibility index (Phi) is 4.13. The summed E-state index contributed by atoms with van der Waals surface area (Å²) in [5.74, 6) is 0. The summed E-state index contributed by atoms with van der Waals surface area (Å²) in [5.41, 5.74) is 4.45. The van der Waals surface area contributed by atoms with Crippen LogP contribution in [0.4, 0.5) is 0 Å². The molecule has 0 aliphatic rings. The molecule has 5 rings (SSSR count). The molecule has 1 nitrogen and oxygen atoms in total. The molecule has 2 heteroatoms. The molecule has 3 aromatic carbocycles. The summed E-state index contributed by atoms with van der Waals surface area (Å²) in [6.07, 6.45) is 0.275. The van der Waals surface area contributed by atoms with Gasteiger partial charge in [-0.2, -0.15) is 0 Å². The maximum Gasteiger partial charge on any atom is 0.0719 e. The molecule has 0 aliphatic carbocycles. The van der Waals surface area contributed by atoms with Crippen LogP contribution in [0.1, 0.15) is 29.1 Å². The van der Waals surface area contributed by atoms with E-state index in [2.05, 4.69) is 65.6 Å². The number of fused-ring (bicyclic) bond motifs is 3. The van der Waals surface area contributed by atoms with Crippen molar-refractivity contribution in [3.8, 4) is 22.4 Å². The molecule has 0 saturated heterocycles. The van der Waals surface area contributed by atoms with E-state index in [1.54, 1.807) is 23.6 Å². The Labute approximate surface area is 184 Å². The fourth-order valence-electron chi connectivity index (χ4n) is 3.90. The molecule has 2 heterocycles. The molecular weight excluding hydrogens is 382 g/mol. The van der Waals surface area contributed by atoms with E-state index in [1.807, 2.05) is 32.9 Å². The van der Waals surface area contributed by atoms with Gasteiger partial charge in [-0.1, -0.05) is 75.4 Å². The van der Waals surface area contributed by atoms with Crippen molar-refractivity contribution in [2.45, 2.75) is 27.1 Å². The van der Waals surface area contributed by atoms with Crippen LogP contribution in [0.15, 0.2) is 85.1 Å². The van der Waals surface area contributed by atoms with Crippen LogP contribution in [-0.4, -0.2) is 4.98 Å². The zero-order valence-corrected chi connectivity index (χ0v) is 18.3. The van der Waals surface area contributed by atoms with Crippen molar-refractivity contribution in [2.24, 2.45) is 5.41 Å². The third-order valence-corrected chi connectivity index (χ3v) is 6.38. The lowest BCUT2D eigenvalue weighted by Gasteiger charge is -2.18. The van der Waals surface area contributed by atoms with Gasteiger partial charge in [-0.25, -0.2) is 0 Å². The summed E-state index contributed by atoms with van der Waals surface area (Å²) in [4.78, 5) is 4.63. The van der Waals surface area contributed by atoms with Gasteiger partial charge in [-0.3, -0.25) is 4.98 Å². The Hall–Kier alpha value is -2.97. The summed E-state index contributed by atoms with van der Waals surface area (Å²) in [5, 5.41) is 2.46. The third kappa shape index (κ3) is 3.64. The molecule has 0 N–H and O–H groups in total. The molecule has 0 bridgehead atoms. The number of hydrogen-bond acceptors (Lipinski definition) is 2. The number of thiophene rings is 1. The monoisotopic (exact) mass is 409 g/mol. The molecule has 0 amide bonds. The fraction of sp³-hybridized carbons (Fsp3) is 0.179. The minimum atomic E-state index is -1.46. The first-order valence-electron chi connectivity index (χ1n) is 11.2. The highest BCUT2D eigenvalue weighted by molar-refractivity contribution is 7.26. The number of hydrogen-bond donors (Lipinski definition) is 0. The lowest BCUT2D eigenvalue weighted by molar-refractivity contribution is 0.411.